The molecule has 0 aliphatic carbocycles. The molecule has 0 amide bonds. The van der Waals surface area contributed by atoms with Gasteiger partial charge in [0.2, 0.25) is 0 Å². The van der Waals surface area contributed by atoms with E-state index in [1.54, 1.807) is 0 Å². The van der Waals surface area contributed by atoms with Gasteiger partial charge in [-0.25, -0.2) is 0 Å². The van der Waals surface area contributed by atoms with E-state index in [9.17, 15) is 0 Å². The molecular weight excluding hydrogens is 168 g/mol. The van der Waals surface area contributed by atoms with Crippen LogP contribution in [0.5, 0.6) is 0 Å². The molecule has 0 aliphatic rings. The van der Waals surface area contributed by atoms with Crippen LogP contribution >= 0.6 is 0 Å². The van der Waals surface area contributed by atoms with E-state index < -0.39 is 0 Å². The highest BCUT2D eigenvalue weighted by Crippen LogP contribution is 2.09. The Bertz CT molecular complexity index is 285. The van der Waals surface area contributed by atoms with Crippen molar-refractivity contribution in [3.8, 4) is 0 Å². The number of allylic oxidation sites excluding steroid dienone is 8. The van der Waals surface area contributed by atoms with Crippen LogP contribution in [-0.4, -0.2) is 0 Å². The van der Waals surface area contributed by atoms with Gasteiger partial charge < -0.3 is 0 Å². The first-order valence-corrected chi connectivity index (χ1v) is 4.88. The fraction of sp³-hybridized carbons (Fsp3) is 0.286. The van der Waals surface area contributed by atoms with Crippen molar-refractivity contribution in [2.75, 3.05) is 0 Å². The van der Waals surface area contributed by atoms with Crippen molar-refractivity contribution in [2.24, 2.45) is 0 Å². The summed E-state index contributed by atoms with van der Waals surface area (Å²) in [6.45, 7) is 13.9. The summed E-state index contributed by atoms with van der Waals surface area (Å²) in [6, 6.07) is 0. The molecule has 0 spiro atoms. The molecule has 0 bridgehead atoms. The maximum Gasteiger partial charge on any atom is -0.0166 e. The normalized spacial score (nSPS) is 12.6. The van der Waals surface area contributed by atoms with Crippen molar-refractivity contribution in [1.29, 1.82) is 0 Å². The minimum absolute atomic E-state index is 0.968. The molecule has 76 valence electrons. The highest BCUT2D eigenvalue weighted by atomic mass is 13.9. The van der Waals surface area contributed by atoms with Crippen LogP contribution in [0.2, 0.25) is 0 Å². The molecule has 0 aromatic heterocycles. The lowest BCUT2D eigenvalue weighted by molar-refractivity contribution is 1.34. The average molecular weight is 188 g/mol. The van der Waals surface area contributed by atoms with Gasteiger partial charge in [-0.15, -0.1) is 0 Å². The molecule has 0 rings (SSSR count). The molecule has 0 N–H and O–H groups in total. The van der Waals surface area contributed by atoms with E-state index in [2.05, 4.69) is 31.4 Å². The Balaban J connectivity index is 4.16. The third kappa shape index (κ3) is 6.24. The van der Waals surface area contributed by atoms with Crippen LogP contribution in [0.3, 0.4) is 0 Å². The zero-order valence-corrected chi connectivity index (χ0v) is 9.51. The van der Waals surface area contributed by atoms with Crippen molar-refractivity contribution in [2.45, 2.75) is 27.2 Å². The van der Waals surface area contributed by atoms with Crippen molar-refractivity contribution < 1.29 is 0 Å². The van der Waals surface area contributed by atoms with Gasteiger partial charge in [-0.1, -0.05) is 49.1 Å². The highest BCUT2D eigenvalue weighted by Gasteiger charge is 1.88. The topological polar surface area (TPSA) is 0 Å². The molecule has 0 aliphatic heterocycles. The fourth-order valence-electron chi connectivity index (χ4n) is 0.883. The second-order valence-electron chi connectivity index (χ2n) is 3.39. The Morgan fingerprint density at radius 1 is 1.14 bits per heavy atom. The molecule has 0 atom stereocenters. The molecule has 0 aromatic rings. The summed E-state index contributed by atoms with van der Waals surface area (Å²) in [5.74, 6) is 0. The van der Waals surface area contributed by atoms with Crippen LogP contribution in [-0.2, 0) is 0 Å². The maximum atomic E-state index is 3.95. The first kappa shape index (κ1) is 12.7. The Kier molecular flexibility index (Phi) is 6.47. The summed E-state index contributed by atoms with van der Waals surface area (Å²) in [5.41, 5.74) is 3.30. The molecular formula is C14H20. The van der Waals surface area contributed by atoms with E-state index in [4.69, 9.17) is 0 Å². The van der Waals surface area contributed by atoms with Gasteiger partial charge >= 0.3 is 0 Å². The molecule has 0 heterocycles. The zero-order chi connectivity index (χ0) is 11.0. The number of hydrogen-bond acceptors (Lipinski definition) is 0. The van der Waals surface area contributed by atoms with Crippen molar-refractivity contribution in [3.63, 3.8) is 0 Å². The number of hydrogen-bond donors (Lipinski definition) is 0. The first-order valence-electron chi connectivity index (χ1n) is 4.88. The highest BCUT2D eigenvalue weighted by molar-refractivity contribution is 5.36. The predicted molar refractivity (Wildman–Crippen MR) is 66.3 cm³/mol. The van der Waals surface area contributed by atoms with Crippen LogP contribution in [0.1, 0.15) is 27.2 Å². The van der Waals surface area contributed by atoms with Gasteiger partial charge in [0.1, 0.15) is 0 Å². The summed E-state index contributed by atoms with van der Waals surface area (Å²) in [5, 5.41) is 0. The van der Waals surface area contributed by atoms with Crippen LogP contribution in [0.25, 0.3) is 0 Å². The molecule has 0 unspecified atom stereocenters. The lowest BCUT2D eigenvalue weighted by Crippen LogP contribution is -1.77. The third-order valence-corrected chi connectivity index (χ3v) is 1.91. The van der Waals surface area contributed by atoms with Crippen LogP contribution < -0.4 is 0 Å². The third-order valence-electron chi connectivity index (χ3n) is 1.91. The quantitative estimate of drug-likeness (QED) is 0.437. The summed E-state index contributed by atoms with van der Waals surface area (Å²) in [6.07, 6.45) is 11.3. The smallest absolute Gasteiger partial charge is 0.0166 e. The molecule has 0 nitrogen and oxygen atoms in total. The van der Waals surface area contributed by atoms with E-state index >= 15 is 0 Å². The molecule has 14 heavy (non-hydrogen) atoms. The van der Waals surface area contributed by atoms with Crippen molar-refractivity contribution in [3.05, 3.63) is 60.3 Å². The fourth-order valence-corrected chi connectivity index (χ4v) is 0.883. The molecule has 0 aromatic carbocycles. The van der Waals surface area contributed by atoms with Crippen LogP contribution in [0, 0.1) is 0 Å². The summed E-state index contributed by atoms with van der Waals surface area (Å²) < 4.78 is 0. The van der Waals surface area contributed by atoms with Gasteiger partial charge in [0, 0.05) is 0 Å². The molecule has 0 heteroatoms. The molecule has 0 saturated carbocycles. The summed E-state index contributed by atoms with van der Waals surface area (Å²) >= 11 is 0. The second-order valence-corrected chi connectivity index (χ2v) is 3.39. The Morgan fingerprint density at radius 2 is 1.79 bits per heavy atom. The number of rotatable bonds is 5. The van der Waals surface area contributed by atoms with E-state index in [-0.39, 0.29) is 0 Å². The van der Waals surface area contributed by atoms with Gasteiger partial charge in [0.15, 0.2) is 0 Å². The van der Waals surface area contributed by atoms with Crippen LogP contribution in [0.15, 0.2) is 60.3 Å². The molecule has 0 saturated heterocycles. The zero-order valence-electron chi connectivity index (χ0n) is 9.51. The van der Waals surface area contributed by atoms with E-state index in [0.29, 0.717) is 0 Å². The standard InChI is InChI=1S/C14H20/c1-6-7-8-9-10-13(4)11-14(5)12(2)3/h6-7,9-11H,2,4,8H2,1,3,5H3/b7-6-,10-9-,14-11+. The van der Waals surface area contributed by atoms with Crippen molar-refractivity contribution >= 4 is 0 Å². The van der Waals surface area contributed by atoms with E-state index in [1.165, 1.54) is 5.57 Å². The predicted octanol–water partition coefficient (Wildman–Crippen LogP) is 4.59. The van der Waals surface area contributed by atoms with Gasteiger partial charge in [-0.05, 0) is 38.3 Å². The van der Waals surface area contributed by atoms with Gasteiger partial charge in [0.05, 0.1) is 0 Å². The second kappa shape index (κ2) is 7.14. The minimum Gasteiger partial charge on any atom is -0.0958 e. The van der Waals surface area contributed by atoms with E-state index in [1.807, 2.05) is 32.9 Å². The summed E-state index contributed by atoms with van der Waals surface area (Å²) in [7, 11) is 0. The Hall–Kier alpha value is -1.30. The Labute approximate surface area is 88.0 Å². The SMILES string of the molecule is C=C(/C=C\C/C=C\C)/C=C(\C)C(=C)C. The van der Waals surface area contributed by atoms with Gasteiger partial charge in [-0.2, -0.15) is 0 Å². The first-order chi connectivity index (χ1) is 6.57. The minimum atomic E-state index is 0.968. The summed E-state index contributed by atoms with van der Waals surface area (Å²) in [4.78, 5) is 0. The van der Waals surface area contributed by atoms with Crippen molar-refractivity contribution in [1.82, 2.24) is 0 Å². The molecule has 0 fully saturated rings. The van der Waals surface area contributed by atoms with Gasteiger partial charge in [-0.3, -0.25) is 0 Å². The van der Waals surface area contributed by atoms with E-state index in [0.717, 1.165) is 17.6 Å². The lowest BCUT2D eigenvalue weighted by Gasteiger charge is -1.98. The monoisotopic (exact) mass is 188 g/mol. The Morgan fingerprint density at radius 3 is 2.29 bits per heavy atom. The average Bonchev–Trinajstić information content (AvgIpc) is 2.12. The van der Waals surface area contributed by atoms with Gasteiger partial charge in [0.25, 0.3) is 0 Å². The largest absolute Gasteiger partial charge is 0.0958 e. The van der Waals surface area contributed by atoms with Crippen LogP contribution in [0.4, 0.5) is 0 Å². The molecule has 0 radical (unpaired) electrons. The maximum absolute atomic E-state index is 3.95. The lowest BCUT2D eigenvalue weighted by atomic mass is 10.1.